The molecule has 16 heavy (non-hydrogen) atoms. The molecule has 0 unspecified atom stereocenters. The Morgan fingerprint density at radius 1 is 1.44 bits per heavy atom. The number of esters is 1. The lowest BCUT2D eigenvalue weighted by Gasteiger charge is -2.36. The Hall–Kier alpha value is -0.600. The summed E-state index contributed by atoms with van der Waals surface area (Å²) in [5, 5.41) is 0. The van der Waals surface area contributed by atoms with E-state index in [0.29, 0.717) is 25.9 Å². The van der Waals surface area contributed by atoms with Crippen LogP contribution in [0.3, 0.4) is 0 Å². The van der Waals surface area contributed by atoms with E-state index in [4.69, 9.17) is 4.74 Å². The first kappa shape index (κ1) is 13.5. The number of carbonyl (C=O) groups is 1. The van der Waals surface area contributed by atoms with Gasteiger partial charge in [-0.1, -0.05) is 32.6 Å². The third kappa shape index (κ3) is 3.19. The molecule has 0 aliphatic heterocycles. The van der Waals surface area contributed by atoms with Gasteiger partial charge in [-0.2, -0.15) is 0 Å². The molecule has 1 rings (SSSR count). The lowest BCUT2D eigenvalue weighted by atomic mass is 9.74. The van der Waals surface area contributed by atoms with Gasteiger partial charge in [0, 0.05) is 0 Å². The van der Waals surface area contributed by atoms with Gasteiger partial charge in [0.1, 0.15) is 5.67 Å². The zero-order chi connectivity index (χ0) is 12.0. The summed E-state index contributed by atoms with van der Waals surface area (Å²) >= 11 is 0. The summed E-state index contributed by atoms with van der Waals surface area (Å²) in [5.41, 5.74) is -1.31. The van der Waals surface area contributed by atoms with Crippen molar-refractivity contribution >= 4 is 5.97 Å². The monoisotopic (exact) mass is 230 g/mol. The minimum atomic E-state index is -1.31. The lowest BCUT2D eigenvalue weighted by Crippen LogP contribution is -2.42. The molecule has 0 aromatic carbocycles. The predicted molar refractivity (Wildman–Crippen MR) is 62.0 cm³/mol. The highest BCUT2D eigenvalue weighted by Gasteiger charge is 2.45. The van der Waals surface area contributed by atoms with Crippen LogP contribution in [-0.4, -0.2) is 18.2 Å². The van der Waals surface area contributed by atoms with Gasteiger partial charge in [-0.15, -0.1) is 0 Å². The van der Waals surface area contributed by atoms with Crippen LogP contribution < -0.4 is 0 Å². The summed E-state index contributed by atoms with van der Waals surface area (Å²) < 4.78 is 19.7. The van der Waals surface area contributed by atoms with Crippen LogP contribution in [0.15, 0.2) is 0 Å². The first-order chi connectivity index (χ1) is 7.64. The minimum absolute atomic E-state index is 0.333. The molecule has 0 radical (unpaired) electrons. The number of rotatable bonds is 5. The van der Waals surface area contributed by atoms with Gasteiger partial charge in [-0.05, 0) is 26.2 Å². The Balaban J connectivity index is 2.65. The molecule has 0 heterocycles. The second-order valence-corrected chi connectivity index (χ2v) is 4.69. The average molecular weight is 230 g/mol. The molecule has 0 spiro atoms. The van der Waals surface area contributed by atoms with Crippen molar-refractivity contribution in [3.8, 4) is 0 Å². The Morgan fingerprint density at radius 2 is 2.19 bits per heavy atom. The molecule has 0 aromatic rings. The number of hydrogen-bond donors (Lipinski definition) is 0. The summed E-state index contributed by atoms with van der Waals surface area (Å²) in [5.74, 6) is -0.853. The van der Waals surface area contributed by atoms with E-state index in [1.165, 1.54) is 0 Å². The zero-order valence-corrected chi connectivity index (χ0v) is 10.4. The molecule has 94 valence electrons. The molecule has 1 saturated carbocycles. The molecule has 0 aromatic heterocycles. The highest BCUT2D eigenvalue weighted by molar-refractivity contribution is 5.74. The van der Waals surface area contributed by atoms with Crippen LogP contribution in [-0.2, 0) is 9.53 Å². The summed E-state index contributed by atoms with van der Waals surface area (Å²) in [6, 6.07) is 0. The molecular formula is C13H23FO2. The summed E-state index contributed by atoms with van der Waals surface area (Å²) in [6.07, 6.45) is 5.35. The molecule has 1 aliphatic rings. The second kappa shape index (κ2) is 6.21. The highest BCUT2D eigenvalue weighted by atomic mass is 19.1. The van der Waals surface area contributed by atoms with E-state index in [1.54, 1.807) is 6.92 Å². The van der Waals surface area contributed by atoms with Crippen LogP contribution in [0.4, 0.5) is 4.39 Å². The first-order valence-corrected chi connectivity index (χ1v) is 6.49. The Labute approximate surface area is 97.6 Å². The third-order valence-corrected chi connectivity index (χ3v) is 3.48. The molecule has 1 aliphatic carbocycles. The topological polar surface area (TPSA) is 26.3 Å². The molecule has 1 fully saturated rings. The first-order valence-electron chi connectivity index (χ1n) is 6.49. The van der Waals surface area contributed by atoms with Gasteiger partial charge in [-0.25, -0.2) is 4.39 Å². The van der Waals surface area contributed by atoms with Gasteiger partial charge in [0.2, 0.25) is 0 Å². The minimum Gasteiger partial charge on any atom is -0.466 e. The van der Waals surface area contributed by atoms with Crippen molar-refractivity contribution in [3.63, 3.8) is 0 Å². The van der Waals surface area contributed by atoms with Gasteiger partial charge in [-0.3, -0.25) is 4.79 Å². The lowest BCUT2D eigenvalue weighted by molar-refractivity contribution is -0.156. The largest absolute Gasteiger partial charge is 0.466 e. The van der Waals surface area contributed by atoms with Gasteiger partial charge in [0.05, 0.1) is 12.5 Å². The number of carbonyl (C=O) groups excluding carboxylic acids is 1. The van der Waals surface area contributed by atoms with E-state index in [1.807, 2.05) is 6.92 Å². The predicted octanol–water partition coefficient (Wildman–Crippen LogP) is 3.64. The average Bonchev–Trinajstić information content (AvgIpc) is 2.27. The van der Waals surface area contributed by atoms with Crippen LogP contribution in [0, 0.1) is 5.92 Å². The van der Waals surface area contributed by atoms with E-state index in [-0.39, 0.29) is 5.97 Å². The molecule has 2 nitrogen and oxygen atoms in total. The van der Waals surface area contributed by atoms with Gasteiger partial charge in [0.25, 0.3) is 0 Å². The summed E-state index contributed by atoms with van der Waals surface area (Å²) in [4.78, 5) is 11.7. The van der Waals surface area contributed by atoms with Crippen LogP contribution in [0.25, 0.3) is 0 Å². The Bertz CT molecular complexity index is 230. The molecule has 0 saturated heterocycles. The van der Waals surface area contributed by atoms with Crippen molar-refractivity contribution < 1.29 is 13.9 Å². The van der Waals surface area contributed by atoms with Crippen LogP contribution in [0.2, 0.25) is 0 Å². The van der Waals surface area contributed by atoms with Crippen molar-refractivity contribution in [3.05, 3.63) is 0 Å². The number of ether oxygens (including phenoxy) is 1. The highest BCUT2D eigenvalue weighted by Crippen LogP contribution is 2.41. The molecule has 2 atom stereocenters. The maximum absolute atomic E-state index is 14.7. The quantitative estimate of drug-likeness (QED) is 0.674. The maximum atomic E-state index is 14.7. The van der Waals surface area contributed by atoms with Crippen molar-refractivity contribution in [2.24, 2.45) is 5.92 Å². The van der Waals surface area contributed by atoms with E-state index < -0.39 is 11.6 Å². The zero-order valence-electron chi connectivity index (χ0n) is 10.4. The Kier molecular flexibility index (Phi) is 5.23. The van der Waals surface area contributed by atoms with E-state index in [2.05, 4.69) is 0 Å². The molecule has 0 amide bonds. The fourth-order valence-electron chi connectivity index (χ4n) is 2.54. The normalized spacial score (nSPS) is 30.1. The van der Waals surface area contributed by atoms with Gasteiger partial charge >= 0.3 is 5.97 Å². The smallest absolute Gasteiger partial charge is 0.312 e. The number of halogens is 1. The molecule has 0 bridgehead atoms. The van der Waals surface area contributed by atoms with Crippen molar-refractivity contribution in [1.82, 2.24) is 0 Å². The molecular weight excluding hydrogens is 207 g/mol. The van der Waals surface area contributed by atoms with E-state index >= 15 is 0 Å². The fourth-order valence-corrected chi connectivity index (χ4v) is 2.54. The van der Waals surface area contributed by atoms with Crippen molar-refractivity contribution in [2.45, 2.75) is 64.5 Å². The van der Waals surface area contributed by atoms with E-state index in [0.717, 1.165) is 25.7 Å². The van der Waals surface area contributed by atoms with E-state index in [9.17, 15) is 9.18 Å². The number of alkyl halides is 1. The number of hydrogen-bond acceptors (Lipinski definition) is 2. The fraction of sp³-hybridized carbons (Fsp3) is 0.923. The second-order valence-electron chi connectivity index (χ2n) is 4.69. The number of unbranched alkanes of at least 4 members (excludes halogenated alkanes) is 1. The van der Waals surface area contributed by atoms with Crippen LogP contribution in [0.1, 0.15) is 58.8 Å². The Morgan fingerprint density at radius 3 is 2.81 bits per heavy atom. The summed E-state index contributed by atoms with van der Waals surface area (Å²) in [6.45, 7) is 4.16. The molecule has 3 heteroatoms. The maximum Gasteiger partial charge on any atom is 0.312 e. The van der Waals surface area contributed by atoms with Gasteiger partial charge < -0.3 is 4.74 Å². The van der Waals surface area contributed by atoms with Crippen LogP contribution in [0.5, 0.6) is 0 Å². The molecule has 0 N–H and O–H groups in total. The SMILES string of the molecule is CCCC[C@]1(F)CCCC[C@@H]1C(=O)OCC. The van der Waals surface area contributed by atoms with Gasteiger partial charge in [0.15, 0.2) is 0 Å². The van der Waals surface area contributed by atoms with Crippen molar-refractivity contribution in [2.75, 3.05) is 6.61 Å². The van der Waals surface area contributed by atoms with Crippen LogP contribution >= 0.6 is 0 Å². The van der Waals surface area contributed by atoms with Crippen molar-refractivity contribution in [1.29, 1.82) is 0 Å². The standard InChI is InChI=1S/C13H23FO2/c1-3-5-9-13(14)10-7-6-8-11(13)12(15)16-4-2/h11H,3-10H2,1-2H3/t11-,13+/m1/s1. The third-order valence-electron chi connectivity index (χ3n) is 3.48. The summed E-state index contributed by atoms with van der Waals surface area (Å²) in [7, 11) is 0.